The second kappa shape index (κ2) is 14.9. The zero-order valence-electron chi connectivity index (χ0n) is 26.5. The monoisotopic (exact) mass is 616 g/mol. The number of carbonyl (C=O) groups is 3. The summed E-state index contributed by atoms with van der Waals surface area (Å²) in [5.41, 5.74) is 9.36. The van der Waals surface area contributed by atoms with Crippen LogP contribution in [0.4, 0.5) is 21.9 Å². The van der Waals surface area contributed by atoms with E-state index in [1.165, 1.54) is 0 Å². The number of hydrogen-bond acceptors (Lipinski definition) is 7. The number of hydrogen-bond donors (Lipinski definition) is 5. The number of nitrogens with two attached hydrogens (primary N) is 1. The van der Waals surface area contributed by atoms with Gasteiger partial charge in [0.2, 0.25) is 0 Å². The summed E-state index contributed by atoms with van der Waals surface area (Å²) in [5.74, 6) is -0.135. The second-order valence-electron chi connectivity index (χ2n) is 12.0. The summed E-state index contributed by atoms with van der Waals surface area (Å²) >= 11 is 0. The molecule has 0 spiro atoms. The number of carbonyl (C=O) groups excluding carboxylic acids is 3. The minimum atomic E-state index is -0.404. The van der Waals surface area contributed by atoms with Gasteiger partial charge >= 0.3 is 6.03 Å². The van der Waals surface area contributed by atoms with Gasteiger partial charge in [0.15, 0.2) is 0 Å². The number of urea groups is 1. The molecule has 240 valence electrons. The van der Waals surface area contributed by atoms with Crippen LogP contribution in [0, 0.1) is 5.92 Å². The smallest absolute Gasteiger partial charge is 0.319 e. The molecule has 3 aromatic rings. The number of aliphatic hydroxyl groups excluding tert-OH is 1. The van der Waals surface area contributed by atoms with Crippen molar-refractivity contribution >= 4 is 34.9 Å². The van der Waals surface area contributed by atoms with Crippen LogP contribution in [0.1, 0.15) is 54.0 Å². The molecule has 11 heteroatoms. The van der Waals surface area contributed by atoms with E-state index in [0.29, 0.717) is 53.6 Å². The fraction of sp³-hybridized carbons (Fsp3) is 0.382. The molecule has 0 aliphatic carbocycles. The highest BCUT2D eigenvalue weighted by atomic mass is 16.5. The van der Waals surface area contributed by atoms with Crippen molar-refractivity contribution < 1.29 is 24.2 Å². The molecular weight excluding hydrogens is 572 g/mol. The van der Waals surface area contributed by atoms with Crippen molar-refractivity contribution in [1.29, 1.82) is 0 Å². The molecule has 0 fully saturated rings. The Labute approximate surface area is 264 Å². The molecule has 0 saturated heterocycles. The van der Waals surface area contributed by atoms with Crippen molar-refractivity contribution in [3.05, 3.63) is 83.4 Å². The maximum Gasteiger partial charge on any atom is 0.319 e. The van der Waals surface area contributed by atoms with Crippen molar-refractivity contribution in [2.45, 2.75) is 52.4 Å². The van der Waals surface area contributed by atoms with Crippen molar-refractivity contribution in [3.8, 4) is 5.75 Å². The summed E-state index contributed by atoms with van der Waals surface area (Å²) in [6, 6.07) is 18.8. The predicted octanol–water partition coefficient (Wildman–Crippen LogP) is 4.40. The highest BCUT2D eigenvalue weighted by Crippen LogP contribution is 2.31. The number of nitrogens with zero attached hydrogens (tertiary/aromatic N) is 2. The maximum absolute atomic E-state index is 13.7. The van der Waals surface area contributed by atoms with Gasteiger partial charge in [0.05, 0.1) is 29.6 Å². The molecule has 3 atom stereocenters. The third-order valence-electron chi connectivity index (χ3n) is 7.71. The molecule has 45 heavy (non-hydrogen) atoms. The first-order valence-corrected chi connectivity index (χ1v) is 15.2. The number of para-hydroxylation sites is 2. The van der Waals surface area contributed by atoms with Gasteiger partial charge in [-0.1, -0.05) is 31.2 Å². The molecule has 0 unspecified atom stereocenters. The van der Waals surface area contributed by atoms with Gasteiger partial charge in [-0.3, -0.25) is 14.5 Å². The number of likely N-dealkylation sites (N-methyl/N-ethyl adjacent to an activating group) is 1. The molecular formula is C34H44N6O5. The first-order valence-electron chi connectivity index (χ1n) is 15.2. The minimum Gasteiger partial charge on any atom is -0.488 e. The number of rotatable bonds is 10. The van der Waals surface area contributed by atoms with E-state index >= 15 is 0 Å². The van der Waals surface area contributed by atoms with Crippen LogP contribution in [0.5, 0.6) is 5.75 Å². The highest BCUT2D eigenvalue weighted by Gasteiger charge is 2.33. The van der Waals surface area contributed by atoms with E-state index in [9.17, 15) is 19.5 Å². The first-order chi connectivity index (χ1) is 21.4. The van der Waals surface area contributed by atoms with Crippen LogP contribution in [0.2, 0.25) is 0 Å². The third kappa shape index (κ3) is 8.74. The molecule has 1 aliphatic heterocycles. The summed E-state index contributed by atoms with van der Waals surface area (Å²) in [6.07, 6.45) is -0.278. The van der Waals surface area contributed by atoms with Gasteiger partial charge in [-0.25, -0.2) is 4.79 Å². The fourth-order valence-electron chi connectivity index (χ4n) is 5.20. The summed E-state index contributed by atoms with van der Waals surface area (Å²) in [4.78, 5) is 42.5. The molecule has 0 radical (unpaired) electrons. The van der Waals surface area contributed by atoms with Crippen molar-refractivity contribution in [3.63, 3.8) is 0 Å². The summed E-state index contributed by atoms with van der Waals surface area (Å²) in [7, 11) is 1.99. The zero-order chi connectivity index (χ0) is 32.7. The molecule has 0 aromatic heterocycles. The van der Waals surface area contributed by atoms with E-state index in [0.717, 1.165) is 5.56 Å². The average Bonchev–Trinajstić information content (AvgIpc) is 2.99. The normalized spacial score (nSPS) is 17.2. The summed E-state index contributed by atoms with van der Waals surface area (Å²) < 4.78 is 6.49. The SMILES string of the molecule is CC(C)NC(=O)Nc1ccc2c(c1)C(=O)N([C@H](C)CO)C[C@@H](C)[C@H](CN(C)Cc1ccc(C(=O)Nc3ccccc3N)cc1)O2. The first kappa shape index (κ1) is 33.3. The van der Waals surface area contributed by atoms with E-state index in [2.05, 4.69) is 20.9 Å². The van der Waals surface area contributed by atoms with Gasteiger partial charge in [-0.15, -0.1) is 0 Å². The zero-order valence-corrected chi connectivity index (χ0v) is 26.5. The molecule has 0 bridgehead atoms. The maximum atomic E-state index is 13.7. The Balaban J connectivity index is 1.47. The van der Waals surface area contributed by atoms with Crippen LogP contribution in [0.25, 0.3) is 0 Å². The Morgan fingerprint density at radius 1 is 1.07 bits per heavy atom. The van der Waals surface area contributed by atoms with Gasteiger partial charge in [-0.05, 0) is 75.8 Å². The molecule has 4 rings (SSSR count). The number of amides is 4. The van der Waals surface area contributed by atoms with Crippen molar-refractivity contribution in [1.82, 2.24) is 15.1 Å². The lowest BCUT2D eigenvalue weighted by Crippen LogP contribution is -2.49. The topological polar surface area (TPSA) is 149 Å². The largest absolute Gasteiger partial charge is 0.488 e. The Morgan fingerprint density at radius 2 is 1.78 bits per heavy atom. The van der Waals surface area contributed by atoms with E-state index in [4.69, 9.17) is 10.5 Å². The van der Waals surface area contributed by atoms with Crippen LogP contribution in [-0.4, -0.2) is 77.7 Å². The van der Waals surface area contributed by atoms with E-state index in [1.54, 1.807) is 47.4 Å². The van der Waals surface area contributed by atoms with Crippen LogP contribution < -0.4 is 26.4 Å². The Hall–Kier alpha value is -4.61. The molecule has 1 heterocycles. The molecule has 3 aromatic carbocycles. The van der Waals surface area contributed by atoms with Gasteiger partial charge in [-0.2, -0.15) is 0 Å². The van der Waals surface area contributed by atoms with E-state index < -0.39 is 6.04 Å². The average molecular weight is 617 g/mol. The Kier molecular flexibility index (Phi) is 11.0. The number of ether oxygens (including phenoxy) is 1. The lowest BCUT2D eigenvalue weighted by Gasteiger charge is -2.38. The molecule has 0 saturated carbocycles. The van der Waals surface area contributed by atoms with Crippen molar-refractivity contribution in [2.75, 3.05) is 43.1 Å². The fourth-order valence-corrected chi connectivity index (χ4v) is 5.20. The Bertz CT molecular complexity index is 1490. The van der Waals surface area contributed by atoms with Crippen LogP contribution >= 0.6 is 0 Å². The summed E-state index contributed by atoms with van der Waals surface area (Å²) in [6.45, 7) is 8.94. The number of nitrogens with one attached hydrogen (secondary N) is 3. The van der Waals surface area contributed by atoms with E-state index in [-0.39, 0.29) is 42.5 Å². The second-order valence-corrected chi connectivity index (χ2v) is 12.0. The lowest BCUT2D eigenvalue weighted by molar-refractivity contribution is 0.0341. The Morgan fingerprint density at radius 3 is 2.44 bits per heavy atom. The number of aliphatic hydroxyl groups is 1. The number of benzene rings is 3. The number of nitrogen functional groups attached to an aromatic ring is 1. The molecule has 4 amide bonds. The van der Waals surface area contributed by atoms with Crippen LogP contribution in [-0.2, 0) is 6.54 Å². The minimum absolute atomic E-state index is 0.0450. The molecule has 11 nitrogen and oxygen atoms in total. The quantitative estimate of drug-likeness (QED) is 0.212. The molecule has 6 N–H and O–H groups in total. The van der Waals surface area contributed by atoms with Crippen molar-refractivity contribution in [2.24, 2.45) is 5.92 Å². The van der Waals surface area contributed by atoms with Gasteiger partial charge in [0.25, 0.3) is 11.8 Å². The van der Waals surface area contributed by atoms with Crippen LogP contribution in [0.15, 0.2) is 66.7 Å². The number of fused-ring (bicyclic) bond motifs is 1. The predicted molar refractivity (Wildman–Crippen MR) is 176 cm³/mol. The molecule has 1 aliphatic rings. The van der Waals surface area contributed by atoms with Gasteiger partial charge in [0.1, 0.15) is 11.9 Å². The standard InChI is InChI=1S/C34H44N6O5/c1-21(2)36-34(44)37-26-14-15-30-27(16-26)33(43)40(23(4)20-41)17-22(3)31(45-30)19-39(5)18-24-10-12-25(13-11-24)32(42)38-29-9-7-6-8-28(29)35/h6-16,21-23,31,41H,17-20,35H2,1-5H3,(H,38,42)(H2,36,37,44)/t22-,23-,31+/m1/s1. The van der Waals surface area contributed by atoms with Gasteiger partial charge in [0, 0.05) is 42.8 Å². The van der Waals surface area contributed by atoms with E-state index in [1.807, 2.05) is 59.0 Å². The van der Waals surface area contributed by atoms with Crippen LogP contribution in [0.3, 0.4) is 0 Å². The van der Waals surface area contributed by atoms with Gasteiger partial charge < -0.3 is 36.4 Å². The lowest BCUT2D eigenvalue weighted by atomic mass is 9.99. The number of anilines is 3. The third-order valence-corrected chi connectivity index (χ3v) is 7.71. The summed E-state index contributed by atoms with van der Waals surface area (Å²) in [5, 5.41) is 18.3. The highest BCUT2D eigenvalue weighted by molar-refractivity contribution is 6.05.